The standard InChI is InChI=1S/C16H19NO4/c1-19-15-8-12(16(17-11-18)6-2-3-7-16)4-5-14(15)21-13-9-20-10-13/h4-5,8,13H,2-3,6-7,9-10H2,1H3. The predicted octanol–water partition coefficient (Wildman–Crippen LogP) is 2.58. The third-order valence-corrected chi connectivity index (χ3v) is 4.29. The topological polar surface area (TPSA) is 57.1 Å². The number of ether oxygens (including phenoxy) is 3. The molecule has 1 aliphatic carbocycles. The normalized spacial score (nSPS) is 20.4. The van der Waals surface area contributed by atoms with Gasteiger partial charge in [0.2, 0.25) is 6.08 Å². The molecule has 2 fully saturated rings. The van der Waals surface area contributed by atoms with Crippen molar-refractivity contribution in [3.8, 4) is 11.5 Å². The van der Waals surface area contributed by atoms with Crippen LogP contribution in [0, 0.1) is 0 Å². The summed E-state index contributed by atoms with van der Waals surface area (Å²) in [5, 5.41) is 0. The highest BCUT2D eigenvalue weighted by molar-refractivity contribution is 5.47. The predicted molar refractivity (Wildman–Crippen MR) is 76.5 cm³/mol. The van der Waals surface area contributed by atoms with E-state index in [1.807, 2.05) is 18.2 Å². The highest BCUT2D eigenvalue weighted by atomic mass is 16.6. The Hall–Kier alpha value is -1.84. The third kappa shape index (κ3) is 2.67. The summed E-state index contributed by atoms with van der Waals surface area (Å²) >= 11 is 0. The van der Waals surface area contributed by atoms with E-state index in [0.717, 1.165) is 31.2 Å². The van der Waals surface area contributed by atoms with Crippen molar-refractivity contribution in [2.75, 3.05) is 20.3 Å². The first-order chi connectivity index (χ1) is 10.3. The van der Waals surface area contributed by atoms with Crippen LogP contribution in [0.25, 0.3) is 0 Å². The number of rotatable bonds is 5. The SMILES string of the molecule is COc1cc(C2(N=C=O)CCCC2)ccc1OC1COC1. The quantitative estimate of drug-likeness (QED) is 0.617. The molecule has 1 saturated heterocycles. The van der Waals surface area contributed by atoms with Crippen molar-refractivity contribution in [1.82, 2.24) is 0 Å². The van der Waals surface area contributed by atoms with Gasteiger partial charge in [0.25, 0.3) is 0 Å². The van der Waals surface area contributed by atoms with Crippen LogP contribution in [0.2, 0.25) is 0 Å². The maximum Gasteiger partial charge on any atom is 0.235 e. The summed E-state index contributed by atoms with van der Waals surface area (Å²) in [5.41, 5.74) is 0.560. The maximum absolute atomic E-state index is 10.8. The van der Waals surface area contributed by atoms with Crippen molar-refractivity contribution in [2.45, 2.75) is 37.3 Å². The molecule has 1 heterocycles. The minimum atomic E-state index is -0.437. The molecule has 0 N–H and O–H groups in total. The highest BCUT2D eigenvalue weighted by Gasteiger charge is 2.36. The molecule has 5 heteroatoms. The summed E-state index contributed by atoms with van der Waals surface area (Å²) < 4.78 is 16.4. The first kappa shape index (κ1) is 14.1. The van der Waals surface area contributed by atoms with E-state index < -0.39 is 5.54 Å². The van der Waals surface area contributed by atoms with E-state index in [9.17, 15) is 4.79 Å². The van der Waals surface area contributed by atoms with Gasteiger partial charge in [0.05, 0.1) is 25.9 Å². The molecule has 0 bridgehead atoms. The molecule has 3 rings (SSSR count). The molecule has 21 heavy (non-hydrogen) atoms. The van der Waals surface area contributed by atoms with Crippen molar-refractivity contribution in [1.29, 1.82) is 0 Å². The van der Waals surface area contributed by atoms with E-state index in [1.54, 1.807) is 13.2 Å². The van der Waals surface area contributed by atoms with E-state index in [2.05, 4.69) is 4.99 Å². The Morgan fingerprint density at radius 3 is 2.62 bits per heavy atom. The van der Waals surface area contributed by atoms with Crippen LogP contribution in [-0.4, -0.2) is 32.5 Å². The minimum Gasteiger partial charge on any atom is -0.493 e. The average molecular weight is 289 g/mol. The van der Waals surface area contributed by atoms with Crippen molar-refractivity contribution in [3.63, 3.8) is 0 Å². The van der Waals surface area contributed by atoms with Gasteiger partial charge in [-0.05, 0) is 30.5 Å². The van der Waals surface area contributed by atoms with Gasteiger partial charge in [0, 0.05) is 0 Å². The van der Waals surface area contributed by atoms with Gasteiger partial charge in [-0.25, -0.2) is 4.79 Å². The first-order valence-electron chi connectivity index (χ1n) is 7.29. The Kier molecular flexibility index (Phi) is 3.95. The summed E-state index contributed by atoms with van der Waals surface area (Å²) in [5.74, 6) is 1.38. The van der Waals surface area contributed by atoms with Crippen LogP contribution in [0.1, 0.15) is 31.2 Å². The summed E-state index contributed by atoms with van der Waals surface area (Å²) in [6, 6.07) is 5.80. The zero-order valence-corrected chi connectivity index (χ0v) is 12.1. The van der Waals surface area contributed by atoms with Gasteiger partial charge < -0.3 is 14.2 Å². The van der Waals surface area contributed by atoms with Gasteiger partial charge in [-0.2, -0.15) is 4.99 Å². The molecule has 112 valence electrons. The lowest BCUT2D eigenvalue weighted by atomic mass is 9.88. The number of carbonyl (C=O) groups excluding carboxylic acids is 1. The smallest absolute Gasteiger partial charge is 0.235 e. The van der Waals surface area contributed by atoms with Crippen molar-refractivity contribution in [2.24, 2.45) is 4.99 Å². The molecule has 1 aromatic rings. The zero-order chi connectivity index (χ0) is 14.7. The molecular weight excluding hydrogens is 270 g/mol. The van der Waals surface area contributed by atoms with Crippen LogP contribution in [0.5, 0.6) is 11.5 Å². The van der Waals surface area contributed by atoms with Crippen molar-refractivity contribution in [3.05, 3.63) is 23.8 Å². The molecule has 0 aromatic heterocycles. The first-order valence-corrected chi connectivity index (χ1v) is 7.29. The molecule has 1 aromatic carbocycles. The van der Waals surface area contributed by atoms with E-state index in [1.165, 1.54) is 0 Å². The van der Waals surface area contributed by atoms with E-state index in [-0.39, 0.29) is 6.10 Å². The molecule has 0 spiro atoms. The molecule has 2 aliphatic rings. The van der Waals surface area contributed by atoms with E-state index in [4.69, 9.17) is 14.2 Å². The molecule has 1 aliphatic heterocycles. The molecule has 0 unspecified atom stereocenters. The maximum atomic E-state index is 10.8. The number of hydrogen-bond acceptors (Lipinski definition) is 5. The molecule has 0 amide bonds. The average Bonchev–Trinajstić information content (AvgIpc) is 2.93. The lowest BCUT2D eigenvalue weighted by molar-refractivity contribution is -0.0803. The second kappa shape index (κ2) is 5.88. The lowest BCUT2D eigenvalue weighted by Gasteiger charge is -2.28. The van der Waals surface area contributed by atoms with Crippen LogP contribution < -0.4 is 9.47 Å². The Morgan fingerprint density at radius 2 is 2.05 bits per heavy atom. The van der Waals surface area contributed by atoms with Gasteiger partial charge in [-0.15, -0.1) is 0 Å². The van der Waals surface area contributed by atoms with Crippen LogP contribution >= 0.6 is 0 Å². The Morgan fingerprint density at radius 1 is 1.29 bits per heavy atom. The van der Waals surface area contributed by atoms with E-state index in [0.29, 0.717) is 24.7 Å². The van der Waals surface area contributed by atoms with Crippen molar-refractivity contribution < 1.29 is 19.0 Å². The molecule has 5 nitrogen and oxygen atoms in total. The van der Waals surface area contributed by atoms with Crippen LogP contribution in [-0.2, 0) is 15.1 Å². The zero-order valence-electron chi connectivity index (χ0n) is 12.1. The number of methoxy groups -OCH3 is 1. The summed E-state index contributed by atoms with van der Waals surface area (Å²) in [4.78, 5) is 14.9. The second-order valence-corrected chi connectivity index (χ2v) is 5.58. The van der Waals surface area contributed by atoms with Crippen LogP contribution in [0.3, 0.4) is 0 Å². The molecule has 0 atom stereocenters. The lowest BCUT2D eigenvalue weighted by Crippen LogP contribution is -2.38. The summed E-state index contributed by atoms with van der Waals surface area (Å²) in [6.45, 7) is 1.23. The Balaban J connectivity index is 1.90. The Bertz CT molecular complexity index is 555. The fourth-order valence-corrected chi connectivity index (χ4v) is 3.03. The number of aliphatic imine (C=N–C) groups is 1. The van der Waals surface area contributed by atoms with E-state index >= 15 is 0 Å². The Labute approximate surface area is 123 Å². The van der Waals surface area contributed by atoms with Crippen molar-refractivity contribution >= 4 is 6.08 Å². The third-order valence-electron chi connectivity index (χ3n) is 4.29. The van der Waals surface area contributed by atoms with Crippen LogP contribution in [0.4, 0.5) is 0 Å². The van der Waals surface area contributed by atoms with Gasteiger partial charge >= 0.3 is 0 Å². The van der Waals surface area contributed by atoms with Crippen LogP contribution in [0.15, 0.2) is 23.2 Å². The summed E-state index contributed by atoms with van der Waals surface area (Å²) in [6.07, 6.45) is 5.74. The van der Waals surface area contributed by atoms with Gasteiger partial charge in [-0.3, -0.25) is 0 Å². The fourth-order valence-electron chi connectivity index (χ4n) is 3.03. The largest absolute Gasteiger partial charge is 0.493 e. The minimum absolute atomic E-state index is 0.0955. The summed E-state index contributed by atoms with van der Waals surface area (Å²) in [7, 11) is 1.62. The number of hydrogen-bond donors (Lipinski definition) is 0. The molecule has 0 radical (unpaired) electrons. The number of nitrogens with zero attached hydrogens (tertiary/aromatic N) is 1. The van der Waals surface area contributed by atoms with Gasteiger partial charge in [0.1, 0.15) is 6.10 Å². The number of isocyanates is 1. The fraction of sp³-hybridized carbons (Fsp3) is 0.562. The molecule has 1 saturated carbocycles. The van der Waals surface area contributed by atoms with Gasteiger partial charge in [-0.1, -0.05) is 18.9 Å². The number of benzene rings is 1. The van der Waals surface area contributed by atoms with Gasteiger partial charge in [0.15, 0.2) is 11.5 Å². The molecular formula is C16H19NO4. The second-order valence-electron chi connectivity index (χ2n) is 5.58. The monoisotopic (exact) mass is 289 g/mol. The highest BCUT2D eigenvalue weighted by Crippen LogP contribution is 2.44.